The molecule has 1 heterocycles. The van der Waals surface area contributed by atoms with Crippen LogP contribution in [0.25, 0.3) is 0 Å². The molecule has 2 atom stereocenters. The van der Waals surface area contributed by atoms with Crippen LogP contribution in [0, 0.1) is 11.8 Å². The van der Waals surface area contributed by atoms with Gasteiger partial charge in [-0.15, -0.1) is 0 Å². The lowest BCUT2D eigenvalue weighted by molar-refractivity contribution is -0.146. The van der Waals surface area contributed by atoms with E-state index in [1.165, 1.54) is 0 Å². The van der Waals surface area contributed by atoms with Crippen LogP contribution in [0.5, 0.6) is 0 Å². The monoisotopic (exact) mass is 294 g/mol. The largest absolute Gasteiger partial charge is 0.465 e. The Labute approximate surface area is 124 Å². The predicted octanol–water partition coefficient (Wildman–Crippen LogP) is 1.46. The molecule has 6 heteroatoms. The maximum Gasteiger partial charge on any atom is 0.324 e. The van der Waals surface area contributed by atoms with E-state index in [1.54, 1.807) is 0 Å². The Bertz CT molecular complexity index is 431. The lowest BCUT2D eigenvalue weighted by Crippen LogP contribution is -2.32. The number of hydrogen-bond donors (Lipinski definition) is 1. The van der Waals surface area contributed by atoms with E-state index in [-0.39, 0.29) is 37.4 Å². The normalized spacial score (nSPS) is 25.1. The van der Waals surface area contributed by atoms with Crippen LogP contribution < -0.4 is 5.32 Å². The third kappa shape index (κ3) is 4.31. The molecule has 0 aromatic rings. The first kappa shape index (κ1) is 15.5. The van der Waals surface area contributed by atoms with Gasteiger partial charge in [0.15, 0.2) is 0 Å². The fourth-order valence-corrected chi connectivity index (χ4v) is 2.57. The number of urea groups is 1. The van der Waals surface area contributed by atoms with E-state index in [0.29, 0.717) is 24.9 Å². The van der Waals surface area contributed by atoms with Crippen molar-refractivity contribution in [2.75, 3.05) is 19.7 Å². The summed E-state index contributed by atoms with van der Waals surface area (Å²) in [5.41, 5.74) is 0. The van der Waals surface area contributed by atoms with Gasteiger partial charge in [0, 0.05) is 13.0 Å². The third-order valence-corrected chi connectivity index (χ3v) is 4.08. The summed E-state index contributed by atoms with van der Waals surface area (Å²) in [6, 6.07) is -0.379. The molecule has 1 N–H and O–H groups in total. The van der Waals surface area contributed by atoms with Crippen LogP contribution in [0.4, 0.5) is 4.79 Å². The number of rotatable bonds is 6. The van der Waals surface area contributed by atoms with E-state index >= 15 is 0 Å². The van der Waals surface area contributed by atoms with Crippen molar-refractivity contribution in [3.8, 4) is 0 Å². The Morgan fingerprint density at radius 3 is 2.81 bits per heavy atom. The number of hydrogen-bond acceptors (Lipinski definition) is 4. The summed E-state index contributed by atoms with van der Waals surface area (Å²) in [5.74, 6) is 0.429. The van der Waals surface area contributed by atoms with E-state index in [0.717, 1.165) is 17.7 Å². The van der Waals surface area contributed by atoms with Gasteiger partial charge >= 0.3 is 12.0 Å². The molecule has 0 spiro atoms. The van der Waals surface area contributed by atoms with Gasteiger partial charge in [-0.1, -0.05) is 19.1 Å². The second-order valence-corrected chi connectivity index (χ2v) is 5.67. The Morgan fingerprint density at radius 2 is 2.14 bits per heavy atom. The average molecular weight is 294 g/mol. The Morgan fingerprint density at radius 1 is 1.38 bits per heavy atom. The number of allylic oxidation sites excluding steroid dienone is 2. The van der Waals surface area contributed by atoms with Crippen molar-refractivity contribution >= 4 is 17.9 Å². The molecule has 1 aliphatic heterocycles. The van der Waals surface area contributed by atoms with E-state index in [9.17, 15) is 14.4 Å². The Hall–Kier alpha value is -1.85. The number of amides is 3. The number of imide groups is 1. The molecule has 0 saturated carbocycles. The molecule has 1 saturated heterocycles. The highest BCUT2D eigenvalue weighted by atomic mass is 16.5. The minimum atomic E-state index is -0.379. The van der Waals surface area contributed by atoms with E-state index < -0.39 is 0 Å². The van der Waals surface area contributed by atoms with Gasteiger partial charge in [0.1, 0.15) is 0 Å². The average Bonchev–Trinajstić information content (AvgIpc) is 2.78. The summed E-state index contributed by atoms with van der Waals surface area (Å²) in [4.78, 5) is 35.5. The van der Waals surface area contributed by atoms with Crippen molar-refractivity contribution in [1.29, 1.82) is 0 Å². The van der Waals surface area contributed by atoms with Crippen molar-refractivity contribution < 1.29 is 19.1 Å². The van der Waals surface area contributed by atoms with Gasteiger partial charge in [0.05, 0.1) is 13.2 Å². The van der Waals surface area contributed by atoms with Gasteiger partial charge in [0.25, 0.3) is 0 Å². The van der Waals surface area contributed by atoms with E-state index in [4.69, 9.17) is 4.74 Å². The molecule has 2 aliphatic rings. The zero-order chi connectivity index (χ0) is 15.2. The quantitative estimate of drug-likeness (QED) is 0.457. The molecule has 116 valence electrons. The summed E-state index contributed by atoms with van der Waals surface area (Å²) in [5, 5.41) is 2.45. The third-order valence-electron chi connectivity index (χ3n) is 4.08. The predicted molar refractivity (Wildman–Crippen MR) is 76.3 cm³/mol. The van der Waals surface area contributed by atoms with E-state index in [2.05, 4.69) is 24.4 Å². The molecule has 0 aromatic carbocycles. The molecular formula is C15H22N2O4. The van der Waals surface area contributed by atoms with Crippen molar-refractivity contribution in [2.45, 2.75) is 32.6 Å². The molecular weight excluding hydrogens is 272 g/mol. The summed E-state index contributed by atoms with van der Waals surface area (Å²) in [6.45, 7) is 2.94. The molecule has 1 fully saturated rings. The Kier molecular flexibility index (Phi) is 5.36. The van der Waals surface area contributed by atoms with Crippen LogP contribution in [-0.4, -0.2) is 42.5 Å². The number of esters is 1. The summed E-state index contributed by atoms with van der Waals surface area (Å²) in [6.07, 6.45) is 6.97. The number of nitrogens with zero attached hydrogens (tertiary/aromatic N) is 1. The first-order valence-corrected chi connectivity index (χ1v) is 7.46. The SMILES string of the molecule is CC1CC=CCC1COC(=O)CCCN1C(=O)CNC1=O. The second kappa shape index (κ2) is 7.24. The molecule has 6 nitrogen and oxygen atoms in total. The molecule has 3 amide bonds. The maximum atomic E-state index is 11.7. The minimum absolute atomic E-state index is 0.0520. The van der Waals surface area contributed by atoms with Gasteiger partial charge < -0.3 is 10.1 Å². The summed E-state index contributed by atoms with van der Waals surface area (Å²) in [7, 11) is 0. The van der Waals surface area contributed by atoms with Gasteiger partial charge in [-0.2, -0.15) is 0 Å². The van der Waals surface area contributed by atoms with Crippen molar-refractivity contribution in [3.05, 3.63) is 12.2 Å². The summed E-state index contributed by atoms with van der Waals surface area (Å²) < 4.78 is 5.29. The van der Waals surface area contributed by atoms with Crippen LogP contribution >= 0.6 is 0 Å². The smallest absolute Gasteiger partial charge is 0.324 e. The van der Waals surface area contributed by atoms with Gasteiger partial charge in [-0.3, -0.25) is 14.5 Å². The van der Waals surface area contributed by atoms with Crippen LogP contribution in [0.15, 0.2) is 12.2 Å². The first-order valence-electron chi connectivity index (χ1n) is 7.46. The number of carbonyl (C=O) groups excluding carboxylic acids is 3. The lowest BCUT2D eigenvalue weighted by Gasteiger charge is -2.24. The Balaban J connectivity index is 1.62. The van der Waals surface area contributed by atoms with Crippen molar-refractivity contribution in [1.82, 2.24) is 10.2 Å². The fourth-order valence-electron chi connectivity index (χ4n) is 2.57. The van der Waals surface area contributed by atoms with Gasteiger partial charge in [0.2, 0.25) is 5.91 Å². The number of nitrogens with one attached hydrogen (secondary N) is 1. The van der Waals surface area contributed by atoms with Crippen LogP contribution in [0.1, 0.15) is 32.6 Å². The minimum Gasteiger partial charge on any atom is -0.465 e. The highest BCUT2D eigenvalue weighted by Gasteiger charge is 2.28. The molecule has 0 radical (unpaired) electrons. The summed E-state index contributed by atoms with van der Waals surface area (Å²) >= 11 is 0. The zero-order valence-electron chi connectivity index (χ0n) is 12.3. The highest BCUT2D eigenvalue weighted by molar-refractivity contribution is 6.01. The zero-order valence-corrected chi connectivity index (χ0v) is 12.3. The second-order valence-electron chi connectivity index (χ2n) is 5.67. The topological polar surface area (TPSA) is 75.7 Å². The van der Waals surface area contributed by atoms with Crippen molar-refractivity contribution in [2.24, 2.45) is 11.8 Å². The van der Waals surface area contributed by atoms with Crippen LogP contribution in [-0.2, 0) is 14.3 Å². The maximum absolute atomic E-state index is 11.7. The molecule has 2 rings (SSSR count). The lowest BCUT2D eigenvalue weighted by atomic mass is 9.85. The number of ether oxygens (including phenoxy) is 1. The molecule has 21 heavy (non-hydrogen) atoms. The van der Waals surface area contributed by atoms with Gasteiger partial charge in [-0.25, -0.2) is 4.79 Å². The van der Waals surface area contributed by atoms with Crippen LogP contribution in [0.3, 0.4) is 0 Å². The fraction of sp³-hybridized carbons (Fsp3) is 0.667. The molecule has 1 aliphatic carbocycles. The van der Waals surface area contributed by atoms with E-state index in [1.807, 2.05) is 0 Å². The molecule has 0 bridgehead atoms. The first-order chi connectivity index (χ1) is 10.1. The standard InChI is InChI=1S/C15H22N2O4/c1-11-5-2-3-6-12(11)10-21-14(19)7-4-8-17-13(18)9-16-15(17)20/h2-3,11-12H,4-10H2,1H3,(H,16,20). The molecule has 0 aromatic heterocycles. The van der Waals surface area contributed by atoms with Crippen molar-refractivity contribution in [3.63, 3.8) is 0 Å². The number of carbonyl (C=O) groups is 3. The van der Waals surface area contributed by atoms with Gasteiger partial charge in [-0.05, 0) is 31.1 Å². The van der Waals surface area contributed by atoms with Crippen LogP contribution in [0.2, 0.25) is 0 Å². The molecule has 2 unspecified atom stereocenters. The highest BCUT2D eigenvalue weighted by Crippen LogP contribution is 2.25.